The standard InChI is InChI=1S/C18H26O7/c1-4-22-8-24-17(20)15-12-6-13(10(3)9(12)2)16(15)18(21)25-11-5-14(19)23-7-11/h9-13,15-16H,4-8H2,1-3H3. The van der Waals surface area contributed by atoms with Crippen molar-refractivity contribution in [2.24, 2.45) is 35.5 Å². The van der Waals surface area contributed by atoms with Crippen LogP contribution in [0.3, 0.4) is 0 Å². The Balaban J connectivity index is 1.71. The minimum atomic E-state index is -0.549. The van der Waals surface area contributed by atoms with E-state index in [9.17, 15) is 14.4 Å². The van der Waals surface area contributed by atoms with Gasteiger partial charge in [0.15, 0.2) is 6.79 Å². The first-order chi connectivity index (χ1) is 11.9. The highest BCUT2D eigenvalue weighted by atomic mass is 16.7. The molecule has 2 bridgehead atoms. The van der Waals surface area contributed by atoms with Crippen molar-refractivity contribution >= 4 is 17.9 Å². The molecular formula is C18H26O7. The van der Waals surface area contributed by atoms with Gasteiger partial charge in [0.05, 0.1) is 18.3 Å². The second kappa shape index (κ2) is 7.32. The Hall–Kier alpha value is -1.63. The Morgan fingerprint density at radius 2 is 1.76 bits per heavy atom. The number of carbonyl (C=O) groups excluding carboxylic acids is 3. The number of fused-ring (bicyclic) bond motifs is 2. The highest BCUT2D eigenvalue weighted by molar-refractivity contribution is 5.84. The van der Waals surface area contributed by atoms with Crippen LogP contribution in [0.15, 0.2) is 0 Å². The lowest BCUT2D eigenvalue weighted by atomic mass is 9.69. The summed E-state index contributed by atoms with van der Waals surface area (Å²) < 4.78 is 20.6. The fourth-order valence-electron chi connectivity index (χ4n) is 4.73. The van der Waals surface area contributed by atoms with Crippen molar-refractivity contribution in [3.05, 3.63) is 0 Å². The van der Waals surface area contributed by atoms with Gasteiger partial charge in [-0.05, 0) is 37.0 Å². The van der Waals surface area contributed by atoms with E-state index in [1.54, 1.807) is 0 Å². The second-order valence-electron chi connectivity index (χ2n) is 7.35. The van der Waals surface area contributed by atoms with Gasteiger partial charge in [0.1, 0.15) is 12.7 Å². The molecule has 0 spiro atoms. The molecule has 2 saturated carbocycles. The van der Waals surface area contributed by atoms with Crippen molar-refractivity contribution in [3.8, 4) is 0 Å². The van der Waals surface area contributed by atoms with Crippen molar-refractivity contribution in [2.45, 2.75) is 39.7 Å². The van der Waals surface area contributed by atoms with E-state index in [0.717, 1.165) is 6.42 Å². The van der Waals surface area contributed by atoms with Crippen LogP contribution in [0.5, 0.6) is 0 Å². The van der Waals surface area contributed by atoms with Crippen LogP contribution in [0.4, 0.5) is 0 Å². The first-order valence-electron chi connectivity index (χ1n) is 9.04. The molecule has 0 radical (unpaired) electrons. The van der Waals surface area contributed by atoms with Gasteiger partial charge in [-0.1, -0.05) is 13.8 Å². The maximum absolute atomic E-state index is 12.8. The van der Waals surface area contributed by atoms with Gasteiger partial charge in [0, 0.05) is 6.61 Å². The van der Waals surface area contributed by atoms with Gasteiger partial charge in [0.2, 0.25) is 0 Å². The second-order valence-corrected chi connectivity index (χ2v) is 7.35. The number of ether oxygens (including phenoxy) is 4. The van der Waals surface area contributed by atoms with E-state index < -0.39 is 23.9 Å². The molecule has 7 nitrogen and oxygen atoms in total. The van der Waals surface area contributed by atoms with E-state index in [4.69, 9.17) is 18.9 Å². The summed E-state index contributed by atoms with van der Waals surface area (Å²) >= 11 is 0. The Kier molecular flexibility index (Phi) is 5.32. The molecule has 0 aromatic rings. The van der Waals surface area contributed by atoms with Crippen LogP contribution < -0.4 is 0 Å². The Morgan fingerprint density at radius 3 is 2.32 bits per heavy atom. The number of cyclic esters (lactones) is 1. The average molecular weight is 354 g/mol. The van der Waals surface area contributed by atoms with E-state index in [1.807, 2.05) is 6.92 Å². The molecular weight excluding hydrogens is 328 g/mol. The molecule has 140 valence electrons. The SMILES string of the molecule is CCOCOC(=O)C1C2CC(C(C)C2C)C1C(=O)OC1COC(=O)C1. The smallest absolute Gasteiger partial charge is 0.312 e. The molecule has 7 atom stereocenters. The lowest BCUT2D eigenvalue weighted by Gasteiger charge is -2.36. The molecule has 0 aromatic carbocycles. The Bertz CT molecular complexity index is 546. The maximum atomic E-state index is 12.8. The average Bonchev–Trinajstić information content (AvgIpc) is 3.23. The summed E-state index contributed by atoms with van der Waals surface area (Å²) in [5, 5.41) is 0. The van der Waals surface area contributed by atoms with Gasteiger partial charge in [-0.25, -0.2) is 0 Å². The zero-order valence-corrected chi connectivity index (χ0v) is 14.9. The van der Waals surface area contributed by atoms with Crippen molar-refractivity contribution in [2.75, 3.05) is 20.0 Å². The van der Waals surface area contributed by atoms with Gasteiger partial charge in [-0.2, -0.15) is 0 Å². The summed E-state index contributed by atoms with van der Waals surface area (Å²) in [6.45, 7) is 6.53. The van der Waals surface area contributed by atoms with E-state index in [2.05, 4.69) is 13.8 Å². The third-order valence-electron chi connectivity index (χ3n) is 6.17. The number of esters is 3. The summed E-state index contributed by atoms with van der Waals surface area (Å²) in [7, 11) is 0. The van der Waals surface area contributed by atoms with Crippen LogP contribution >= 0.6 is 0 Å². The number of hydrogen-bond donors (Lipinski definition) is 0. The minimum absolute atomic E-state index is 0.0813. The number of hydrogen-bond acceptors (Lipinski definition) is 7. The van der Waals surface area contributed by atoms with E-state index in [0.29, 0.717) is 18.4 Å². The fourth-order valence-corrected chi connectivity index (χ4v) is 4.73. The van der Waals surface area contributed by atoms with E-state index in [1.165, 1.54) is 0 Å². The first kappa shape index (κ1) is 18.2. The normalized spacial score (nSPS) is 39.3. The summed E-state index contributed by atoms with van der Waals surface area (Å²) in [6, 6.07) is 0. The summed E-state index contributed by atoms with van der Waals surface area (Å²) in [4.78, 5) is 36.5. The van der Waals surface area contributed by atoms with Crippen LogP contribution in [0.1, 0.15) is 33.6 Å². The van der Waals surface area contributed by atoms with Crippen molar-refractivity contribution in [1.82, 2.24) is 0 Å². The molecule has 7 unspecified atom stereocenters. The lowest BCUT2D eigenvalue weighted by molar-refractivity contribution is -0.175. The molecule has 25 heavy (non-hydrogen) atoms. The van der Waals surface area contributed by atoms with Gasteiger partial charge in [-0.15, -0.1) is 0 Å². The van der Waals surface area contributed by atoms with Crippen molar-refractivity contribution in [1.29, 1.82) is 0 Å². The van der Waals surface area contributed by atoms with E-state index in [-0.39, 0.29) is 43.6 Å². The molecule has 0 N–H and O–H groups in total. The van der Waals surface area contributed by atoms with Crippen molar-refractivity contribution in [3.63, 3.8) is 0 Å². The monoisotopic (exact) mass is 354 g/mol. The molecule has 3 fully saturated rings. The molecule has 0 aromatic heterocycles. The predicted molar refractivity (Wildman–Crippen MR) is 84.9 cm³/mol. The van der Waals surface area contributed by atoms with Crippen molar-refractivity contribution < 1.29 is 33.3 Å². The molecule has 3 aliphatic rings. The minimum Gasteiger partial charge on any atom is -0.462 e. The molecule has 7 heteroatoms. The molecule has 1 heterocycles. The number of rotatable bonds is 6. The van der Waals surface area contributed by atoms with Crippen LogP contribution in [-0.4, -0.2) is 44.0 Å². The van der Waals surface area contributed by atoms with Crippen LogP contribution in [-0.2, 0) is 33.3 Å². The highest BCUT2D eigenvalue weighted by Gasteiger charge is 2.61. The molecule has 3 rings (SSSR count). The highest BCUT2D eigenvalue weighted by Crippen LogP contribution is 2.58. The van der Waals surface area contributed by atoms with Crippen LogP contribution in [0.25, 0.3) is 0 Å². The predicted octanol–water partition coefficient (Wildman–Crippen LogP) is 1.54. The van der Waals surface area contributed by atoms with Gasteiger partial charge >= 0.3 is 17.9 Å². The topological polar surface area (TPSA) is 88.1 Å². The molecule has 2 aliphatic carbocycles. The van der Waals surface area contributed by atoms with Gasteiger partial charge in [0.25, 0.3) is 0 Å². The first-order valence-corrected chi connectivity index (χ1v) is 9.04. The van der Waals surface area contributed by atoms with Crippen LogP contribution in [0.2, 0.25) is 0 Å². The summed E-state index contributed by atoms with van der Waals surface area (Å²) in [6.07, 6.45) is 0.362. The molecule has 0 amide bonds. The zero-order valence-electron chi connectivity index (χ0n) is 14.9. The zero-order chi connectivity index (χ0) is 18.1. The van der Waals surface area contributed by atoms with E-state index >= 15 is 0 Å². The summed E-state index contributed by atoms with van der Waals surface area (Å²) in [5.41, 5.74) is 0. The third kappa shape index (κ3) is 3.38. The largest absolute Gasteiger partial charge is 0.462 e. The Morgan fingerprint density at radius 1 is 1.12 bits per heavy atom. The lowest BCUT2D eigenvalue weighted by Crippen LogP contribution is -2.43. The van der Waals surface area contributed by atoms with Gasteiger partial charge < -0.3 is 18.9 Å². The van der Waals surface area contributed by atoms with Gasteiger partial charge in [-0.3, -0.25) is 14.4 Å². The fraction of sp³-hybridized carbons (Fsp3) is 0.833. The maximum Gasteiger partial charge on any atom is 0.312 e. The molecule has 1 saturated heterocycles. The summed E-state index contributed by atoms with van der Waals surface area (Å²) in [5.74, 6) is -1.24. The third-order valence-corrected chi connectivity index (χ3v) is 6.17. The number of carbonyl (C=O) groups is 3. The molecule has 1 aliphatic heterocycles. The Labute approximate surface area is 147 Å². The van der Waals surface area contributed by atoms with Crippen LogP contribution in [0, 0.1) is 35.5 Å². The quantitative estimate of drug-likeness (QED) is 0.309.